The molecule has 0 saturated heterocycles. The smallest absolute Gasteiger partial charge is 0.252 e. The van der Waals surface area contributed by atoms with Crippen LogP contribution in [0.3, 0.4) is 0 Å². The third-order valence-electron chi connectivity index (χ3n) is 3.21. The standard InChI is InChI=1S/C16H17ClN2O2/c1-10(11-3-6-13(20)7-4-11)19-12-5-8-15(17)14(9-12)16(21)18-2/h3-10,19-20H,1-2H3,(H,18,21). The van der Waals surface area contributed by atoms with Crippen molar-refractivity contribution < 1.29 is 9.90 Å². The Balaban J connectivity index is 2.19. The number of aromatic hydroxyl groups is 1. The van der Waals surface area contributed by atoms with Gasteiger partial charge in [0.1, 0.15) is 5.75 Å². The van der Waals surface area contributed by atoms with E-state index in [1.165, 1.54) is 0 Å². The number of benzene rings is 2. The van der Waals surface area contributed by atoms with Crippen LogP contribution in [0.25, 0.3) is 0 Å². The van der Waals surface area contributed by atoms with Gasteiger partial charge >= 0.3 is 0 Å². The third-order valence-corrected chi connectivity index (χ3v) is 3.54. The van der Waals surface area contributed by atoms with Crippen LogP contribution in [0.2, 0.25) is 5.02 Å². The highest BCUT2D eigenvalue weighted by molar-refractivity contribution is 6.34. The van der Waals surface area contributed by atoms with Gasteiger partial charge in [0, 0.05) is 18.8 Å². The lowest BCUT2D eigenvalue weighted by Gasteiger charge is -2.17. The van der Waals surface area contributed by atoms with Gasteiger partial charge in [-0.1, -0.05) is 23.7 Å². The first-order chi connectivity index (χ1) is 10.0. The lowest BCUT2D eigenvalue weighted by molar-refractivity contribution is 0.0963. The van der Waals surface area contributed by atoms with Crippen molar-refractivity contribution in [3.8, 4) is 5.75 Å². The fourth-order valence-corrected chi connectivity index (χ4v) is 2.22. The second-order valence-corrected chi connectivity index (χ2v) is 5.14. The molecule has 0 heterocycles. The Morgan fingerprint density at radius 3 is 2.48 bits per heavy atom. The highest BCUT2D eigenvalue weighted by atomic mass is 35.5. The average Bonchev–Trinajstić information content (AvgIpc) is 2.49. The summed E-state index contributed by atoms with van der Waals surface area (Å²) in [5.74, 6) is 0.0142. The molecule has 0 spiro atoms. The monoisotopic (exact) mass is 304 g/mol. The highest BCUT2D eigenvalue weighted by Crippen LogP contribution is 2.25. The molecular weight excluding hydrogens is 288 g/mol. The predicted molar refractivity (Wildman–Crippen MR) is 85.0 cm³/mol. The summed E-state index contributed by atoms with van der Waals surface area (Å²) in [6, 6.07) is 12.3. The van der Waals surface area contributed by atoms with Crippen LogP contribution in [0.5, 0.6) is 5.75 Å². The first kappa shape index (κ1) is 15.2. The van der Waals surface area contributed by atoms with E-state index in [0.717, 1.165) is 11.3 Å². The fourth-order valence-electron chi connectivity index (χ4n) is 2.02. The molecular formula is C16H17ClN2O2. The van der Waals surface area contributed by atoms with Crippen LogP contribution in [0.15, 0.2) is 42.5 Å². The quantitative estimate of drug-likeness (QED) is 0.809. The van der Waals surface area contributed by atoms with E-state index >= 15 is 0 Å². The van der Waals surface area contributed by atoms with Gasteiger partial charge in [-0.15, -0.1) is 0 Å². The molecule has 2 aromatic carbocycles. The Labute approximate surface area is 128 Å². The number of carbonyl (C=O) groups excluding carboxylic acids is 1. The number of anilines is 1. The van der Waals surface area contributed by atoms with Crippen LogP contribution < -0.4 is 10.6 Å². The number of phenols is 1. The zero-order valence-electron chi connectivity index (χ0n) is 11.9. The van der Waals surface area contributed by atoms with Crippen molar-refractivity contribution in [3.63, 3.8) is 0 Å². The van der Waals surface area contributed by atoms with Crippen LogP contribution >= 0.6 is 11.6 Å². The maximum atomic E-state index is 11.7. The normalized spacial score (nSPS) is 11.8. The molecule has 110 valence electrons. The van der Waals surface area contributed by atoms with E-state index in [2.05, 4.69) is 10.6 Å². The summed E-state index contributed by atoms with van der Waals surface area (Å²) in [7, 11) is 1.57. The van der Waals surface area contributed by atoms with Gasteiger partial charge in [0.05, 0.1) is 10.6 Å². The molecule has 0 aliphatic carbocycles. The minimum atomic E-state index is -0.221. The number of halogens is 1. The number of hydrogen-bond acceptors (Lipinski definition) is 3. The van der Waals surface area contributed by atoms with Crippen molar-refractivity contribution in [3.05, 3.63) is 58.6 Å². The predicted octanol–water partition coefficient (Wildman–Crippen LogP) is 3.58. The molecule has 21 heavy (non-hydrogen) atoms. The van der Waals surface area contributed by atoms with Gasteiger partial charge in [0.2, 0.25) is 0 Å². The molecule has 3 N–H and O–H groups in total. The Hall–Kier alpha value is -2.20. The summed E-state index contributed by atoms with van der Waals surface area (Å²) in [6.45, 7) is 2.00. The van der Waals surface area contributed by atoms with E-state index in [1.807, 2.05) is 25.1 Å². The largest absolute Gasteiger partial charge is 0.508 e. The molecule has 0 aliphatic rings. The molecule has 5 heteroatoms. The number of carbonyl (C=O) groups is 1. The third kappa shape index (κ3) is 3.67. The molecule has 2 aromatic rings. The van der Waals surface area contributed by atoms with E-state index in [0.29, 0.717) is 10.6 Å². The van der Waals surface area contributed by atoms with E-state index in [1.54, 1.807) is 31.3 Å². The van der Waals surface area contributed by atoms with Crippen LogP contribution in [0.4, 0.5) is 5.69 Å². The molecule has 1 amide bonds. The maximum Gasteiger partial charge on any atom is 0.252 e. The summed E-state index contributed by atoms with van der Waals surface area (Å²) >= 11 is 6.02. The lowest BCUT2D eigenvalue weighted by Crippen LogP contribution is -2.18. The van der Waals surface area contributed by atoms with Crippen molar-refractivity contribution >= 4 is 23.2 Å². The SMILES string of the molecule is CNC(=O)c1cc(NC(C)c2ccc(O)cc2)ccc1Cl. The first-order valence-corrected chi connectivity index (χ1v) is 6.96. The Bertz CT molecular complexity index is 641. The van der Waals surface area contributed by atoms with Crippen molar-refractivity contribution in [1.82, 2.24) is 5.32 Å². The maximum absolute atomic E-state index is 11.7. The molecule has 4 nitrogen and oxygen atoms in total. The molecule has 0 saturated carbocycles. The molecule has 0 fully saturated rings. The van der Waals surface area contributed by atoms with Crippen molar-refractivity contribution in [2.24, 2.45) is 0 Å². The van der Waals surface area contributed by atoms with E-state index in [9.17, 15) is 9.90 Å². The highest BCUT2D eigenvalue weighted by Gasteiger charge is 2.11. The van der Waals surface area contributed by atoms with Gasteiger partial charge in [-0.2, -0.15) is 0 Å². The molecule has 0 aromatic heterocycles. The minimum Gasteiger partial charge on any atom is -0.508 e. The van der Waals surface area contributed by atoms with Crippen molar-refractivity contribution in [2.75, 3.05) is 12.4 Å². The number of phenolic OH excluding ortho intramolecular Hbond substituents is 1. The second kappa shape index (κ2) is 6.50. The first-order valence-electron chi connectivity index (χ1n) is 6.58. The van der Waals surface area contributed by atoms with Crippen LogP contribution in [0.1, 0.15) is 28.9 Å². The van der Waals surface area contributed by atoms with Crippen LogP contribution in [0, 0.1) is 0 Å². The van der Waals surface area contributed by atoms with E-state index in [-0.39, 0.29) is 17.7 Å². The van der Waals surface area contributed by atoms with Crippen molar-refractivity contribution in [2.45, 2.75) is 13.0 Å². The fraction of sp³-hybridized carbons (Fsp3) is 0.188. The van der Waals surface area contributed by atoms with Gasteiger partial charge in [-0.25, -0.2) is 0 Å². The number of amides is 1. The van der Waals surface area contributed by atoms with Crippen LogP contribution in [-0.2, 0) is 0 Å². The Kier molecular flexibility index (Phi) is 4.70. The number of hydrogen-bond donors (Lipinski definition) is 3. The van der Waals surface area contributed by atoms with Gasteiger partial charge in [0.25, 0.3) is 5.91 Å². The van der Waals surface area contributed by atoms with Gasteiger partial charge in [0.15, 0.2) is 0 Å². The van der Waals surface area contributed by atoms with Gasteiger partial charge < -0.3 is 15.7 Å². The Morgan fingerprint density at radius 1 is 1.19 bits per heavy atom. The average molecular weight is 305 g/mol. The number of rotatable bonds is 4. The second-order valence-electron chi connectivity index (χ2n) is 4.73. The minimum absolute atomic E-state index is 0.0318. The zero-order valence-corrected chi connectivity index (χ0v) is 12.6. The van der Waals surface area contributed by atoms with Crippen LogP contribution in [-0.4, -0.2) is 18.1 Å². The lowest BCUT2D eigenvalue weighted by atomic mass is 10.1. The van der Waals surface area contributed by atoms with E-state index < -0.39 is 0 Å². The van der Waals surface area contributed by atoms with Gasteiger partial charge in [-0.3, -0.25) is 4.79 Å². The molecule has 1 atom stereocenters. The molecule has 1 unspecified atom stereocenters. The van der Waals surface area contributed by atoms with Crippen molar-refractivity contribution in [1.29, 1.82) is 0 Å². The summed E-state index contributed by atoms with van der Waals surface area (Å²) in [5, 5.41) is 15.6. The molecule has 0 radical (unpaired) electrons. The molecule has 0 bridgehead atoms. The molecule has 0 aliphatic heterocycles. The van der Waals surface area contributed by atoms with E-state index in [4.69, 9.17) is 11.6 Å². The number of nitrogens with one attached hydrogen (secondary N) is 2. The summed E-state index contributed by atoms with van der Waals surface area (Å²) < 4.78 is 0. The Morgan fingerprint density at radius 2 is 1.86 bits per heavy atom. The summed E-state index contributed by atoms with van der Waals surface area (Å²) in [4.78, 5) is 11.7. The zero-order chi connectivity index (χ0) is 15.4. The molecule has 2 rings (SSSR count). The summed E-state index contributed by atoms with van der Waals surface area (Å²) in [5.41, 5.74) is 2.27. The van der Waals surface area contributed by atoms with Gasteiger partial charge in [-0.05, 0) is 42.8 Å². The summed E-state index contributed by atoms with van der Waals surface area (Å²) in [6.07, 6.45) is 0. The topological polar surface area (TPSA) is 61.4 Å².